The summed E-state index contributed by atoms with van der Waals surface area (Å²) in [6, 6.07) is 12.7. The lowest BCUT2D eigenvalue weighted by Crippen LogP contribution is -2.35. The standard InChI is InChI=1S/C24H24N2O4/c1-12-7-13(2)9-17(8-12)26-22(27)14-3-5-16(6-4-14)25-23(28)20-15-10-18-19(11-15)30-24(29)21(18)20/h3-9,15,18-21H,10-11H2,1-2H3,(H,25,28)(H,26,27)/t15-,18-,19-,20-,21-/m1/s1. The highest BCUT2D eigenvalue weighted by Gasteiger charge is 2.63. The fourth-order valence-electron chi connectivity index (χ4n) is 5.54. The first-order chi connectivity index (χ1) is 14.4. The molecule has 2 bridgehead atoms. The van der Waals surface area contributed by atoms with Gasteiger partial charge >= 0.3 is 5.97 Å². The van der Waals surface area contributed by atoms with Crippen LogP contribution in [-0.2, 0) is 14.3 Å². The minimum absolute atomic E-state index is 0.0199. The van der Waals surface area contributed by atoms with Crippen LogP contribution in [0.25, 0.3) is 0 Å². The Morgan fingerprint density at radius 2 is 1.63 bits per heavy atom. The second kappa shape index (κ2) is 6.97. The van der Waals surface area contributed by atoms with E-state index in [0.29, 0.717) is 11.3 Å². The van der Waals surface area contributed by atoms with Gasteiger partial charge in [0.15, 0.2) is 0 Å². The van der Waals surface area contributed by atoms with Crippen molar-refractivity contribution in [1.82, 2.24) is 0 Å². The average molecular weight is 404 g/mol. The van der Waals surface area contributed by atoms with Gasteiger partial charge in [-0.25, -0.2) is 0 Å². The van der Waals surface area contributed by atoms with E-state index in [4.69, 9.17) is 4.74 Å². The van der Waals surface area contributed by atoms with Crippen molar-refractivity contribution in [3.8, 4) is 0 Å². The van der Waals surface area contributed by atoms with Crippen LogP contribution in [0.2, 0.25) is 0 Å². The summed E-state index contributed by atoms with van der Waals surface area (Å²) in [6.45, 7) is 3.98. The number of carbonyl (C=O) groups excluding carboxylic acids is 3. The van der Waals surface area contributed by atoms with Crippen LogP contribution in [0.3, 0.4) is 0 Å². The van der Waals surface area contributed by atoms with Gasteiger partial charge in [-0.1, -0.05) is 6.07 Å². The van der Waals surface area contributed by atoms with Gasteiger partial charge in [0.1, 0.15) is 6.10 Å². The van der Waals surface area contributed by atoms with E-state index in [1.165, 1.54) is 0 Å². The monoisotopic (exact) mass is 404 g/mol. The van der Waals surface area contributed by atoms with Gasteiger partial charge in [-0.15, -0.1) is 0 Å². The van der Waals surface area contributed by atoms with Crippen LogP contribution < -0.4 is 10.6 Å². The summed E-state index contributed by atoms with van der Waals surface area (Å²) < 4.78 is 5.41. The number of nitrogens with one attached hydrogen (secondary N) is 2. The van der Waals surface area contributed by atoms with E-state index in [1.807, 2.05) is 26.0 Å². The maximum absolute atomic E-state index is 12.9. The first-order valence-electron chi connectivity index (χ1n) is 10.4. The van der Waals surface area contributed by atoms with Gasteiger partial charge in [0.05, 0.1) is 11.8 Å². The molecular weight excluding hydrogens is 380 g/mol. The Morgan fingerprint density at radius 1 is 0.933 bits per heavy atom. The number of amides is 2. The zero-order valence-electron chi connectivity index (χ0n) is 17.0. The summed E-state index contributed by atoms with van der Waals surface area (Å²) in [6.07, 6.45) is 1.71. The van der Waals surface area contributed by atoms with E-state index < -0.39 is 0 Å². The largest absolute Gasteiger partial charge is 0.462 e. The molecule has 5 rings (SSSR count). The molecule has 3 aliphatic rings. The molecule has 1 saturated heterocycles. The van der Waals surface area contributed by atoms with Crippen molar-refractivity contribution in [2.75, 3.05) is 10.6 Å². The number of fused-ring (bicyclic) bond motifs is 1. The lowest BCUT2D eigenvalue weighted by atomic mass is 9.79. The van der Waals surface area contributed by atoms with E-state index >= 15 is 0 Å². The molecule has 5 atom stereocenters. The molecule has 0 aromatic heterocycles. The second-order valence-electron chi connectivity index (χ2n) is 8.82. The van der Waals surface area contributed by atoms with Gasteiger partial charge in [-0.3, -0.25) is 14.4 Å². The Balaban J connectivity index is 1.25. The molecule has 0 radical (unpaired) electrons. The highest BCUT2D eigenvalue weighted by molar-refractivity contribution is 6.05. The van der Waals surface area contributed by atoms with Crippen molar-refractivity contribution in [2.45, 2.75) is 32.8 Å². The van der Waals surface area contributed by atoms with Crippen molar-refractivity contribution in [3.05, 3.63) is 59.2 Å². The number of benzene rings is 2. The van der Waals surface area contributed by atoms with Crippen LogP contribution >= 0.6 is 0 Å². The Labute approximate surface area is 175 Å². The predicted molar refractivity (Wildman–Crippen MR) is 112 cm³/mol. The van der Waals surface area contributed by atoms with Crippen molar-refractivity contribution < 1.29 is 19.1 Å². The van der Waals surface area contributed by atoms with E-state index in [-0.39, 0.29) is 47.6 Å². The van der Waals surface area contributed by atoms with Crippen LogP contribution in [0.15, 0.2) is 42.5 Å². The minimum atomic E-state index is -0.311. The summed E-state index contributed by atoms with van der Waals surface area (Å²) in [5.41, 5.74) is 4.05. The molecule has 2 saturated carbocycles. The second-order valence-corrected chi connectivity index (χ2v) is 8.82. The van der Waals surface area contributed by atoms with Crippen LogP contribution in [0.1, 0.15) is 34.3 Å². The molecule has 30 heavy (non-hydrogen) atoms. The highest BCUT2D eigenvalue weighted by Crippen LogP contribution is 2.57. The fraction of sp³-hybridized carbons (Fsp3) is 0.375. The SMILES string of the molecule is Cc1cc(C)cc(NC(=O)c2ccc(NC(=O)[C@@H]3[C@@H]4C[C@H]5[C@H]3C(=O)O[C@@H]5C4)cc2)c1. The smallest absolute Gasteiger partial charge is 0.310 e. The maximum atomic E-state index is 12.9. The number of carbonyl (C=O) groups is 3. The number of ether oxygens (including phenoxy) is 1. The summed E-state index contributed by atoms with van der Waals surface area (Å²) in [5.74, 6) is -0.731. The molecule has 2 amide bonds. The lowest BCUT2D eigenvalue weighted by Gasteiger charge is -2.23. The molecule has 6 heteroatoms. The first kappa shape index (κ1) is 18.9. The van der Waals surface area contributed by atoms with Gasteiger partial charge in [-0.2, -0.15) is 0 Å². The van der Waals surface area contributed by atoms with Crippen LogP contribution in [-0.4, -0.2) is 23.9 Å². The Bertz CT molecular complexity index is 1020. The molecule has 2 aromatic rings. The number of hydrogen-bond donors (Lipinski definition) is 2. The van der Waals surface area contributed by atoms with E-state index in [2.05, 4.69) is 16.7 Å². The first-order valence-corrected chi connectivity index (χ1v) is 10.4. The van der Waals surface area contributed by atoms with E-state index in [1.54, 1.807) is 24.3 Å². The van der Waals surface area contributed by atoms with Crippen LogP contribution in [0, 0.1) is 37.5 Å². The fourth-order valence-corrected chi connectivity index (χ4v) is 5.54. The molecule has 2 N–H and O–H groups in total. The van der Waals surface area contributed by atoms with Crippen LogP contribution in [0.5, 0.6) is 0 Å². The third-order valence-electron chi connectivity index (χ3n) is 6.68. The topological polar surface area (TPSA) is 84.5 Å². The van der Waals surface area contributed by atoms with E-state index in [9.17, 15) is 14.4 Å². The van der Waals surface area contributed by atoms with Crippen molar-refractivity contribution in [3.63, 3.8) is 0 Å². The highest BCUT2D eigenvalue weighted by atomic mass is 16.6. The normalized spacial score (nSPS) is 28.3. The maximum Gasteiger partial charge on any atom is 0.310 e. The molecule has 1 heterocycles. The zero-order chi connectivity index (χ0) is 21.0. The predicted octanol–water partition coefficient (Wildman–Crippen LogP) is 3.69. The average Bonchev–Trinajstić information content (AvgIpc) is 3.30. The molecule has 3 fully saturated rings. The number of hydrogen-bond acceptors (Lipinski definition) is 4. The van der Waals surface area contributed by atoms with Gasteiger partial charge in [0, 0.05) is 22.9 Å². The van der Waals surface area contributed by atoms with Gasteiger partial charge < -0.3 is 15.4 Å². The minimum Gasteiger partial charge on any atom is -0.462 e. The van der Waals surface area contributed by atoms with Gasteiger partial charge in [-0.05, 0) is 80.1 Å². The molecule has 2 aromatic carbocycles. The molecular formula is C24H24N2O4. The molecule has 154 valence electrons. The zero-order valence-corrected chi connectivity index (χ0v) is 17.0. The number of rotatable bonds is 4. The lowest BCUT2D eigenvalue weighted by molar-refractivity contribution is -0.145. The Kier molecular flexibility index (Phi) is 4.38. The summed E-state index contributed by atoms with van der Waals surface area (Å²) >= 11 is 0. The Hall–Kier alpha value is -3.15. The number of anilines is 2. The number of esters is 1. The van der Waals surface area contributed by atoms with Crippen LogP contribution in [0.4, 0.5) is 11.4 Å². The van der Waals surface area contributed by atoms with Crippen molar-refractivity contribution in [1.29, 1.82) is 0 Å². The molecule has 0 spiro atoms. The van der Waals surface area contributed by atoms with Crippen molar-refractivity contribution in [2.24, 2.45) is 23.7 Å². The molecule has 6 nitrogen and oxygen atoms in total. The summed E-state index contributed by atoms with van der Waals surface area (Å²) in [4.78, 5) is 37.5. The third kappa shape index (κ3) is 3.16. The third-order valence-corrected chi connectivity index (χ3v) is 6.68. The Morgan fingerprint density at radius 3 is 2.33 bits per heavy atom. The molecule has 1 aliphatic heterocycles. The van der Waals surface area contributed by atoms with Crippen molar-refractivity contribution >= 4 is 29.2 Å². The quantitative estimate of drug-likeness (QED) is 0.761. The summed E-state index contributed by atoms with van der Waals surface area (Å²) in [7, 11) is 0. The summed E-state index contributed by atoms with van der Waals surface area (Å²) in [5, 5.41) is 5.83. The molecule has 2 aliphatic carbocycles. The van der Waals surface area contributed by atoms with Gasteiger partial charge in [0.2, 0.25) is 5.91 Å². The van der Waals surface area contributed by atoms with Gasteiger partial charge in [0.25, 0.3) is 5.91 Å². The number of aryl methyl sites for hydroxylation is 2. The molecule has 0 unspecified atom stereocenters. The van der Waals surface area contributed by atoms with E-state index in [0.717, 1.165) is 29.7 Å².